The molecule has 1 aromatic heterocycles. The van der Waals surface area contributed by atoms with Gasteiger partial charge in [-0.1, -0.05) is 6.92 Å². The number of aromatic nitrogens is 3. The van der Waals surface area contributed by atoms with Gasteiger partial charge in [-0.2, -0.15) is 0 Å². The van der Waals surface area contributed by atoms with E-state index in [0.29, 0.717) is 26.1 Å². The number of hydrogen-bond acceptors (Lipinski definition) is 6. The Morgan fingerprint density at radius 1 is 1.37 bits per heavy atom. The highest BCUT2D eigenvalue weighted by Gasteiger charge is 2.13. The molecule has 0 saturated carbocycles. The van der Waals surface area contributed by atoms with Gasteiger partial charge in [-0.3, -0.25) is 9.78 Å². The van der Waals surface area contributed by atoms with Gasteiger partial charge < -0.3 is 5.32 Å². The minimum absolute atomic E-state index is 0.00186. The Morgan fingerprint density at radius 2 is 2.05 bits per heavy atom. The minimum Gasteiger partial charge on any atom is -0.364 e. The maximum atomic E-state index is 11.3. The molecule has 0 amide bonds. The summed E-state index contributed by atoms with van der Waals surface area (Å²) in [5.41, 5.74) is -1.29. The number of anilines is 1. The third kappa shape index (κ3) is 4.83. The van der Waals surface area contributed by atoms with Crippen molar-refractivity contribution in [3.05, 3.63) is 20.8 Å². The van der Waals surface area contributed by atoms with Crippen LogP contribution in [0.2, 0.25) is 0 Å². The van der Waals surface area contributed by atoms with Crippen molar-refractivity contribution in [3.63, 3.8) is 0 Å². The van der Waals surface area contributed by atoms with Crippen molar-refractivity contribution in [3.8, 4) is 0 Å². The van der Waals surface area contributed by atoms with E-state index in [1.165, 1.54) is 4.31 Å². The Labute approximate surface area is 110 Å². The van der Waals surface area contributed by atoms with Gasteiger partial charge in [0.1, 0.15) is 0 Å². The molecule has 0 atom stereocenters. The quantitative estimate of drug-likeness (QED) is 0.527. The third-order valence-electron chi connectivity index (χ3n) is 2.41. The molecule has 0 radical (unpaired) electrons. The number of hydrogen-bond donors (Lipinski definition) is 3. The van der Waals surface area contributed by atoms with Crippen LogP contribution in [-0.4, -0.2) is 53.8 Å². The summed E-state index contributed by atoms with van der Waals surface area (Å²) in [6.07, 6.45) is 1.67. The first-order chi connectivity index (χ1) is 8.84. The molecule has 10 heteroatoms. The molecule has 0 aliphatic rings. The van der Waals surface area contributed by atoms with E-state index in [0.717, 1.165) is 6.26 Å². The fourth-order valence-corrected chi connectivity index (χ4v) is 2.42. The van der Waals surface area contributed by atoms with E-state index in [1.54, 1.807) is 6.92 Å². The van der Waals surface area contributed by atoms with E-state index in [9.17, 15) is 18.0 Å². The predicted octanol–water partition coefficient (Wildman–Crippen LogP) is -1.46. The molecule has 0 aliphatic heterocycles. The van der Waals surface area contributed by atoms with Crippen LogP contribution in [0.15, 0.2) is 9.59 Å². The zero-order chi connectivity index (χ0) is 14.5. The molecule has 0 unspecified atom stereocenters. The van der Waals surface area contributed by atoms with Crippen LogP contribution in [0, 0.1) is 0 Å². The summed E-state index contributed by atoms with van der Waals surface area (Å²) in [7, 11) is -3.20. The molecule has 3 N–H and O–H groups in total. The zero-order valence-corrected chi connectivity index (χ0v) is 11.6. The number of nitrogens with zero attached hydrogens (tertiary/aromatic N) is 2. The molecule has 0 fully saturated rings. The fourth-order valence-electron chi connectivity index (χ4n) is 1.49. The standard InChI is InChI=1S/C9H17N5O4S/c1-3-14(19(2,17)18)6-4-5-10-7-8(15)11-9(16)13-12-7/h3-6H2,1-2H3,(H,10,12)(H2,11,13,15,16). The Hall–Kier alpha value is -1.68. The van der Waals surface area contributed by atoms with Crippen molar-refractivity contribution >= 4 is 15.8 Å². The Balaban J connectivity index is 2.47. The van der Waals surface area contributed by atoms with Crippen LogP contribution in [0.1, 0.15) is 13.3 Å². The molecule has 0 saturated heterocycles. The van der Waals surface area contributed by atoms with Gasteiger partial charge in [0.25, 0.3) is 5.56 Å². The number of nitrogens with one attached hydrogen (secondary N) is 3. The minimum atomic E-state index is -3.20. The molecule has 0 aliphatic carbocycles. The summed E-state index contributed by atoms with van der Waals surface area (Å²) >= 11 is 0. The number of H-pyrrole nitrogens is 2. The average molecular weight is 291 g/mol. The fraction of sp³-hybridized carbons (Fsp3) is 0.667. The topological polar surface area (TPSA) is 128 Å². The van der Waals surface area contributed by atoms with Gasteiger partial charge in [-0.25, -0.2) is 22.6 Å². The van der Waals surface area contributed by atoms with Crippen LogP contribution in [0.4, 0.5) is 5.82 Å². The lowest BCUT2D eigenvalue weighted by molar-refractivity contribution is 0.428. The maximum Gasteiger partial charge on any atom is 0.342 e. The third-order valence-corrected chi connectivity index (χ3v) is 3.79. The highest BCUT2D eigenvalue weighted by atomic mass is 32.2. The SMILES string of the molecule is CCN(CCCNc1n[nH]c(=O)[nH]c1=O)S(C)(=O)=O. The zero-order valence-electron chi connectivity index (χ0n) is 10.8. The lowest BCUT2D eigenvalue weighted by atomic mass is 10.4. The first-order valence-electron chi connectivity index (χ1n) is 5.72. The molecule has 19 heavy (non-hydrogen) atoms. The number of sulfonamides is 1. The average Bonchev–Trinajstić information content (AvgIpc) is 2.29. The predicted molar refractivity (Wildman–Crippen MR) is 70.7 cm³/mol. The first-order valence-corrected chi connectivity index (χ1v) is 7.57. The Morgan fingerprint density at radius 3 is 2.58 bits per heavy atom. The molecule has 0 bridgehead atoms. The largest absolute Gasteiger partial charge is 0.364 e. The van der Waals surface area contributed by atoms with Crippen LogP contribution in [0.3, 0.4) is 0 Å². The van der Waals surface area contributed by atoms with Gasteiger partial charge >= 0.3 is 5.69 Å². The van der Waals surface area contributed by atoms with Crippen molar-refractivity contribution in [2.75, 3.05) is 31.2 Å². The van der Waals surface area contributed by atoms with Crippen LogP contribution < -0.4 is 16.6 Å². The molecule has 9 nitrogen and oxygen atoms in total. The van der Waals surface area contributed by atoms with Gasteiger partial charge in [0.15, 0.2) is 0 Å². The lowest BCUT2D eigenvalue weighted by Crippen LogP contribution is -2.32. The van der Waals surface area contributed by atoms with E-state index in [4.69, 9.17) is 0 Å². The van der Waals surface area contributed by atoms with Crippen LogP contribution in [0.5, 0.6) is 0 Å². The smallest absolute Gasteiger partial charge is 0.342 e. The molecule has 1 rings (SSSR count). The molecule has 0 spiro atoms. The van der Waals surface area contributed by atoms with E-state index < -0.39 is 21.3 Å². The Bertz CT molecular complexity index is 620. The molecule has 1 aromatic rings. The first kappa shape index (κ1) is 15.4. The van der Waals surface area contributed by atoms with Crippen LogP contribution in [-0.2, 0) is 10.0 Å². The van der Waals surface area contributed by atoms with Crippen molar-refractivity contribution in [2.24, 2.45) is 0 Å². The second-order valence-electron chi connectivity index (χ2n) is 3.89. The summed E-state index contributed by atoms with van der Waals surface area (Å²) in [6, 6.07) is 0. The number of aromatic amines is 2. The molecule has 108 valence electrons. The van der Waals surface area contributed by atoms with Crippen molar-refractivity contribution < 1.29 is 8.42 Å². The van der Waals surface area contributed by atoms with E-state index in [2.05, 4.69) is 15.5 Å². The van der Waals surface area contributed by atoms with Gasteiger partial charge in [0.2, 0.25) is 15.8 Å². The normalized spacial score (nSPS) is 11.7. The van der Waals surface area contributed by atoms with Crippen LogP contribution >= 0.6 is 0 Å². The summed E-state index contributed by atoms with van der Waals surface area (Å²) < 4.78 is 24.0. The van der Waals surface area contributed by atoms with Gasteiger partial charge in [-0.05, 0) is 6.42 Å². The molecular weight excluding hydrogens is 274 g/mol. The van der Waals surface area contributed by atoms with Crippen molar-refractivity contribution in [1.82, 2.24) is 19.5 Å². The highest BCUT2D eigenvalue weighted by molar-refractivity contribution is 7.88. The van der Waals surface area contributed by atoms with Gasteiger partial charge in [0.05, 0.1) is 6.26 Å². The second kappa shape index (κ2) is 6.48. The van der Waals surface area contributed by atoms with Crippen LogP contribution in [0.25, 0.3) is 0 Å². The lowest BCUT2D eigenvalue weighted by Gasteiger charge is -2.17. The monoisotopic (exact) mass is 291 g/mol. The van der Waals surface area contributed by atoms with E-state index >= 15 is 0 Å². The van der Waals surface area contributed by atoms with Gasteiger partial charge in [0, 0.05) is 19.6 Å². The van der Waals surface area contributed by atoms with Crippen molar-refractivity contribution in [1.29, 1.82) is 0 Å². The van der Waals surface area contributed by atoms with E-state index in [1.807, 2.05) is 4.98 Å². The molecule has 1 heterocycles. The van der Waals surface area contributed by atoms with Gasteiger partial charge in [-0.15, -0.1) is 5.10 Å². The maximum absolute atomic E-state index is 11.3. The number of rotatable bonds is 7. The second-order valence-corrected chi connectivity index (χ2v) is 5.87. The van der Waals surface area contributed by atoms with E-state index in [-0.39, 0.29) is 5.82 Å². The molecule has 0 aromatic carbocycles. The summed E-state index contributed by atoms with van der Waals surface area (Å²) in [4.78, 5) is 24.0. The summed E-state index contributed by atoms with van der Waals surface area (Å²) in [5.74, 6) is 0.00186. The summed E-state index contributed by atoms with van der Waals surface area (Å²) in [6.45, 7) is 2.87. The van der Waals surface area contributed by atoms with Crippen molar-refractivity contribution in [2.45, 2.75) is 13.3 Å². The molecular formula is C9H17N5O4S. The Kier molecular flexibility index (Phi) is 5.24. The highest BCUT2D eigenvalue weighted by Crippen LogP contribution is 1.99. The summed E-state index contributed by atoms with van der Waals surface area (Å²) in [5, 5.41) is 8.36.